The third-order valence-corrected chi connectivity index (χ3v) is 4.97. The molecule has 8 nitrogen and oxygen atoms in total. The zero-order valence-corrected chi connectivity index (χ0v) is 19.7. The number of hydrogen-bond donors (Lipinski definition) is 2. The number of benzene rings is 2. The molecule has 1 atom stereocenters. The Morgan fingerprint density at radius 2 is 1.46 bits per heavy atom. The zero-order chi connectivity index (χ0) is 26.9. The number of rotatable bonds is 11. The van der Waals surface area contributed by atoms with Gasteiger partial charge in [-0.25, -0.2) is 17.6 Å². The molecule has 0 aliphatic carbocycles. The Bertz CT molecular complexity index is 1240. The van der Waals surface area contributed by atoms with Crippen molar-refractivity contribution in [3.8, 4) is 0 Å². The van der Waals surface area contributed by atoms with E-state index >= 15 is 0 Å². The van der Waals surface area contributed by atoms with E-state index in [-0.39, 0.29) is 48.6 Å². The fourth-order valence-corrected chi connectivity index (χ4v) is 3.44. The molecule has 0 unspecified atom stereocenters. The second-order valence-electron chi connectivity index (χ2n) is 8.15. The minimum atomic E-state index is -0.958. The van der Waals surface area contributed by atoms with Gasteiger partial charge in [0, 0.05) is 18.2 Å². The highest BCUT2D eigenvalue weighted by Gasteiger charge is 2.22. The lowest BCUT2D eigenvalue weighted by molar-refractivity contribution is -0.144. The molecule has 0 spiro atoms. The van der Waals surface area contributed by atoms with Gasteiger partial charge >= 0.3 is 5.97 Å². The van der Waals surface area contributed by atoms with Crippen LogP contribution in [0.4, 0.5) is 23.4 Å². The van der Waals surface area contributed by atoms with Gasteiger partial charge in [0.05, 0.1) is 12.8 Å². The Kier molecular flexibility index (Phi) is 9.36. The summed E-state index contributed by atoms with van der Waals surface area (Å²) >= 11 is 0. The summed E-state index contributed by atoms with van der Waals surface area (Å²) in [5, 5.41) is 8.66. The summed E-state index contributed by atoms with van der Waals surface area (Å²) in [7, 11) is 0. The highest BCUT2D eigenvalue weighted by molar-refractivity contribution is 5.96. The molecule has 0 aliphatic heterocycles. The molecule has 12 heteroatoms. The maximum Gasteiger partial charge on any atom is 0.310 e. The van der Waals surface area contributed by atoms with Gasteiger partial charge in [0.2, 0.25) is 11.8 Å². The highest BCUT2D eigenvalue weighted by atomic mass is 19.1. The third-order valence-electron chi connectivity index (χ3n) is 4.97. The molecule has 0 saturated carbocycles. The fourth-order valence-electron chi connectivity index (χ4n) is 3.44. The summed E-state index contributed by atoms with van der Waals surface area (Å²) in [5.41, 5.74) is 0.212. The lowest BCUT2D eigenvalue weighted by Crippen LogP contribution is -2.44. The second kappa shape index (κ2) is 12.7. The van der Waals surface area contributed by atoms with Crippen LogP contribution in [0.2, 0.25) is 0 Å². The van der Waals surface area contributed by atoms with Crippen LogP contribution >= 0.6 is 0 Å². The van der Waals surface area contributed by atoms with Crippen LogP contribution in [0.3, 0.4) is 0 Å². The van der Waals surface area contributed by atoms with E-state index in [1.165, 1.54) is 6.07 Å². The first kappa shape index (κ1) is 27.4. The third kappa shape index (κ3) is 8.74. The lowest BCUT2D eigenvalue weighted by atomic mass is 10.1. The van der Waals surface area contributed by atoms with Gasteiger partial charge in [-0.1, -0.05) is 18.5 Å². The Morgan fingerprint density at radius 3 is 2.03 bits per heavy atom. The largest absolute Gasteiger partial charge is 0.457 e. The predicted octanol–water partition coefficient (Wildman–Crippen LogP) is 3.98. The number of aromatic nitrogens is 1. The van der Waals surface area contributed by atoms with Crippen LogP contribution in [-0.2, 0) is 38.6 Å². The van der Waals surface area contributed by atoms with Gasteiger partial charge < -0.3 is 19.9 Å². The molecule has 0 fully saturated rings. The molecule has 0 bridgehead atoms. The molecule has 0 radical (unpaired) electrons. The normalized spacial score (nSPS) is 11.6. The first-order valence-corrected chi connectivity index (χ1v) is 11.2. The molecule has 37 heavy (non-hydrogen) atoms. The molecule has 0 aliphatic rings. The Morgan fingerprint density at radius 1 is 0.892 bits per heavy atom. The fraction of sp³-hybridized carbons (Fsp3) is 0.280. The summed E-state index contributed by atoms with van der Waals surface area (Å²) in [6.45, 7) is 1.45. The molecule has 196 valence electrons. The van der Waals surface area contributed by atoms with E-state index < -0.39 is 47.1 Å². The number of carbonyl (C=O) groups is 3. The standard InChI is InChI=1S/C25H23F4N3O5/c1-2-3-21(30-23(33)8-14-4-16(26)10-17(27)5-14)25(35)31-22-12-20(37-32-22)13-36-24(34)9-15-6-18(28)11-19(29)7-15/h4-7,10-12,21H,2-3,8-9,13H2,1H3,(H,30,33)(H,31,32,35)/t21-/m0/s1. The van der Waals surface area contributed by atoms with Gasteiger partial charge in [-0.05, 0) is 41.8 Å². The van der Waals surface area contributed by atoms with Crippen molar-refractivity contribution in [2.75, 3.05) is 5.32 Å². The number of esters is 1. The molecular weight excluding hydrogens is 498 g/mol. The number of ether oxygens (including phenoxy) is 1. The Balaban J connectivity index is 1.51. The van der Waals surface area contributed by atoms with E-state index in [4.69, 9.17) is 9.26 Å². The topological polar surface area (TPSA) is 111 Å². The maximum atomic E-state index is 13.4. The molecule has 3 aromatic rings. The van der Waals surface area contributed by atoms with Crippen molar-refractivity contribution in [1.29, 1.82) is 0 Å². The van der Waals surface area contributed by atoms with Crippen molar-refractivity contribution in [2.24, 2.45) is 0 Å². The van der Waals surface area contributed by atoms with Gasteiger partial charge in [0.25, 0.3) is 0 Å². The van der Waals surface area contributed by atoms with Crippen LogP contribution in [-0.4, -0.2) is 29.0 Å². The van der Waals surface area contributed by atoms with Gasteiger partial charge in [-0.3, -0.25) is 14.4 Å². The van der Waals surface area contributed by atoms with Crippen LogP contribution in [0, 0.1) is 23.3 Å². The van der Waals surface area contributed by atoms with Crippen LogP contribution in [0.15, 0.2) is 47.0 Å². The van der Waals surface area contributed by atoms with Crippen molar-refractivity contribution in [2.45, 2.75) is 45.3 Å². The number of nitrogens with zero attached hydrogens (tertiary/aromatic N) is 1. The van der Waals surface area contributed by atoms with Crippen molar-refractivity contribution < 1.29 is 41.2 Å². The number of halogens is 4. The number of nitrogens with one attached hydrogen (secondary N) is 2. The van der Waals surface area contributed by atoms with Gasteiger partial charge in [0.15, 0.2) is 18.2 Å². The van der Waals surface area contributed by atoms with E-state index in [1.54, 1.807) is 6.92 Å². The van der Waals surface area contributed by atoms with E-state index in [1.807, 2.05) is 0 Å². The molecule has 1 aromatic heterocycles. The molecule has 2 aromatic carbocycles. The average molecular weight is 521 g/mol. The number of hydrogen-bond acceptors (Lipinski definition) is 6. The minimum Gasteiger partial charge on any atom is -0.457 e. The summed E-state index contributed by atoms with van der Waals surface area (Å²) < 4.78 is 63.2. The monoisotopic (exact) mass is 521 g/mol. The van der Waals surface area contributed by atoms with Gasteiger partial charge in [0.1, 0.15) is 29.3 Å². The van der Waals surface area contributed by atoms with Gasteiger partial charge in [-0.15, -0.1) is 0 Å². The smallest absolute Gasteiger partial charge is 0.310 e. The molecule has 1 heterocycles. The van der Waals surface area contributed by atoms with E-state index in [0.29, 0.717) is 18.6 Å². The van der Waals surface area contributed by atoms with Gasteiger partial charge in [-0.2, -0.15) is 0 Å². The van der Waals surface area contributed by atoms with E-state index in [0.717, 1.165) is 24.3 Å². The molecule has 2 N–H and O–H groups in total. The predicted molar refractivity (Wildman–Crippen MR) is 122 cm³/mol. The van der Waals surface area contributed by atoms with E-state index in [2.05, 4.69) is 15.8 Å². The first-order chi connectivity index (χ1) is 17.6. The quantitative estimate of drug-likeness (QED) is 0.292. The van der Waals surface area contributed by atoms with Crippen molar-refractivity contribution in [1.82, 2.24) is 10.5 Å². The SMILES string of the molecule is CCC[C@H](NC(=O)Cc1cc(F)cc(F)c1)C(=O)Nc1cc(COC(=O)Cc2cc(F)cc(F)c2)on1. The average Bonchev–Trinajstić information content (AvgIpc) is 3.23. The molecular formula is C25H23F4N3O5. The Hall–Kier alpha value is -4.22. The summed E-state index contributed by atoms with van der Waals surface area (Å²) in [6, 6.07) is 5.78. The van der Waals surface area contributed by atoms with Crippen molar-refractivity contribution in [3.63, 3.8) is 0 Å². The number of anilines is 1. The zero-order valence-electron chi connectivity index (χ0n) is 19.7. The van der Waals surface area contributed by atoms with E-state index in [9.17, 15) is 31.9 Å². The second-order valence-corrected chi connectivity index (χ2v) is 8.15. The summed E-state index contributed by atoms with van der Waals surface area (Å²) in [4.78, 5) is 36.9. The maximum absolute atomic E-state index is 13.4. The van der Waals surface area contributed by atoms with Crippen LogP contribution in [0.1, 0.15) is 36.7 Å². The van der Waals surface area contributed by atoms with Crippen LogP contribution in [0.25, 0.3) is 0 Å². The lowest BCUT2D eigenvalue weighted by Gasteiger charge is -2.17. The molecule has 2 amide bonds. The number of carbonyl (C=O) groups excluding carboxylic acids is 3. The minimum absolute atomic E-state index is 0.00851. The summed E-state index contributed by atoms with van der Waals surface area (Å²) in [5.74, 6) is -5.19. The van der Waals surface area contributed by atoms with Crippen molar-refractivity contribution in [3.05, 3.63) is 82.6 Å². The van der Waals surface area contributed by atoms with Crippen LogP contribution in [0.5, 0.6) is 0 Å². The molecule has 0 saturated heterocycles. The molecule has 3 rings (SSSR count). The summed E-state index contributed by atoms with van der Waals surface area (Å²) in [6.07, 6.45) is 0.122. The first-order valence-electron chi connectivity index (χ1n) is 11.2. The highest BCUT2D eigenvalue weighted by Crippen LogP contribution is 2.14. The van der Waals surface area contributed by atoms with Crippen LogP contribution < -0.4 is 10.6 Å². The van der Waals surface area contributed by atoms with Crippen molar-refractivity contribution >= 4 is 23.6 Å². The Labute approximate surface area is 209 Å². The number of amides is 2.